The smallest absolute Gasteiger partial charge is 0.339 e. The molecule has 3 nitrogen and oxygen atoms in total. The van der Waals surface area contributed by atoms with Gasteiger partial charge in [-0.1, -0.05) is 12.2 Å². The molecular weight excluding hydrogens is 166 g/mol. The maximum atomic E-state index is 11.2. The maximum Gasteiger partial charge on any atom is 0.339 e. The Hall–Kier alpha value is -1.38. The van der Waals surface area contributed by atoms with Crippen molar-refractivity contribution < 1.29 is 9.53 Å². The molecule has 0 saturated carbocycles. The number of hydrogen-bond acceptors (Lipinski definition) is 3. The fourth-order valence-corrected chi connectivity index (χ4v) is 0.671. The number of allylic oxidation sites excluding steroid dienone is 2. The van der Waals surface area contributed by atoms with Crippen LogP contribution in [-0.4, -0.2) is 19.3 Å². The molecule has 0 saturated heterocycles. The summed E-state index contributed by atoms with van der Waals surface area (Å²) in [6.45, 7) is 9.02. The molecular formula is C10H15NO2. The lowest BCUT2D eigenvalue weighted by atomic mass is 10.2. The SMILES string of the molecule is C=C(C)N=CC(C(=O)OC)=C(C)C. The van der Waals surface area contributed by atoms with E-state index in [9.17, 15) is 4.79 Å². The predicted octanol–water partition coefficient (Wildman–Crippen LogP) is 2.10. The van der Waals surface area contributed by atoms with Crippen molar-refractivity contribution >= 4 is 12.2 Å². The van der Waals surface area contributed by atoms with Gasteiger partial charge in [0, 0.05) is 11.9 Å². The molecule has 0 aliphatic rings. The van der Waals surface area contributed by atoms with E-state index in [-0.39, 0.29) is 5.97 Å². The molecule has 0 unspecified atom stereocenters. The third-order valence-corrected chi connectivity index (χ3v) is 1.36. The monoisotopic (exact) mass is 181 g/mol. The molecule has 0 aliphatic heterocycles. The van der Waals surface area contributed by atoms with Crippen molar-refractivity contribution in [2.75, 3.05) is 7.11 Å². The van der Waals surface area contributed by atoms with Crippen LogP contribution in [0.15, 0.2) is 28.4 Å². The quantitative estimate of drug-likeness (QED) is 0.380. The number of aliphatic imine (C=N–C) groups is 1. The van der Waals surface area contributed by atoms with E-state index < -0.39 is 0 Å². The van der Waals surface area contributed by atoms with Crippen LogP contribution < -0.4 is 0 Å². The van der Waals surface area contributed by atoms with Gasteiger partial charge in [0.05, 0.1) is 12.7 Å². The second kappa shape index (κ2) is 5.30. The standard InChI is InChI=1S/C10H15NO2/c1-7(2)9(10(12)13-5)6-11-8(3)4/h6H,3H2,1-2,4-5H3. The zero-order valence-electron chi connectivity index (χ0n) is 8.55. The normalized spacial score (nSPS) is 9.85. The summed E-state index contributed by atoms with van der Waals surface area (Å²) in [5.74, 6) is -0.370. The molecule has 0 aromatic rings. The minimum absolute atomic E-state index is 0.370. The molecule has 13 heavy (non-hydrogen) atoms. The van der Waals surface area contributed by atoms with Gasteiger partial charge in [-0.3, -0.25) is 4.99 Å². The number of rotatable bonds is 3. The van der Waals surface area contributed by atoms with Crippen LogP contribution in [0.25, 0.3) is 0 Å². The molecule has 0 spiro atoms. The summed E-state index contributed by atoms with van der Waals surface area (Å²) in [6.07, 6.45) is 1.48. The fraction of sp³-hybridized carbons (Fsp3) is 0.400. The number of methoxy groups -OCH3 is 1. The fourth-order valence-electron chi connectivity index (χ4n) is 0.671. The Morgan fingerprint density at radius 3 is 2.23 bits per heavy atom. The lowest BCUT2D eigenvalue weighted by molar-refractivity contribution is -0.135. The van der Waals surface area contributed by atoms with E-state index in [0.29, 0.717) is 11.3 Å². The first-order chi connectivity index (χ1) is 5.99. The van der Waals surface area contributed by atoms with Crippen molar-refractivity contribution in [2.24, 2.45) is 4.99 Å². The molecule has 0 rings (SSSR count). The maximum absolute atomic E-state index is 11.2. The van der Waals surface area contributed by atoms with Gasteiger partial charge < -0.3 is 4.74 Å². The zero-order valence-corrected chi connectivity index (χ0v) is 8.55. The topological polar surface area (TPSA) is 38.7 Å². The summed E-state index contributed by atoms with van der Waals surface area (Å²) < 4.78 is 4.59. The molecule has 0 heterocycles. The van der Waals surface area contributed by atoms with Gasteiger partial charge in [0.2, 0.25) is 0 Å². The first-order valence-electron chi connectivity index (χ1n) is 3.94. The minimum Gasteiger partial charge on any atom is -0.465 e. The van der Waals surface area contributed by atoms with Crippen LogP contribution in [0, 0.1) is 0 Å². The first-order valence-corrected chi connectivity index (χ1v) is 3.94. The second-order valence-corrected chi connectivity index (χ2v) is 2.90. The highest BCUT2D eigenvalue weighted by atomic mass is 16.5. The number of ether oxygens (including phenoxy) is 1. The Bertz CT molecular complexity index is 271. The highest BCUT2D eigenvalue weighted by Gasteiger charge is 2.07. The number of esters is 1. The zero-order chi connectivity index (χ0) is 10.4. The predicted molar refractivity (Wildman–Crippen MR) is 53.7 cm³/mol. The van der Waals surface area contributed by atoms with Gasteiger partial charge in [-0.05, 0) is 20.8 Å². The highest BCUT2D eigenvalue weighted by Crippen LogP contribution is 2.03. The molecule has 72 valence electrons. The Morgan fingerprint density at radius 1 is 1.38 bits per heavy atom. The number of nitrogens with zero attached hydrogens (tertiary/aromatic N) is 1. The third-order valence-electron chi connectivity index (χ3n) is 1.36. The molecule has 3 heteroatoms. The Morgan fingerprint density at radius 2 is 1.92 bits per heavy atom. The summed E-state index contributed by atoms with van der Waals surface area (Å²) >= 11 is 0. The van der Waals surface area contributed by atoms with Crippen LogP contribution >= 0.6 is 0 Å². The van der Waals surface area contributed by atoms with Crippen LogP contribution in [0.1, 0.15) is 20.8 Å². The van der Waals surface area contributed by atoms with Crippen LogP contribution in [0.4, 0.5) is 0 Å². The number of carbonyl (C=O) groups excluding carboxylic acids is 1. The van der Waals surface area contributed by atoms with E-state index in [2.05, 4.69) is 16.3 Å². The van der Waals surface area contributed by atoms with E-state index in [1.165, 1.54) is 13.3 Å². The minimum atomic E-state index is -0.370. The number of carbonyl (C=O) groups is 1. The van der Waals surface area contributed by atoms with Gasteiger partial charge in [0.1, 0.15) is 0 Å². The van der Waals surface area contributed by atoms with Gasteiger partial charge in [-0.15, -0.1) is 0 Å². The molecule has 0 fully saturated rings. The molecule has 0 atom stereocenters. The second-order valence-electron chi connectivity index (χ2n) is 2.90. The van der Waals surface area contributed by atoms with Gasteiger partial charge in [-0.25, -0.2) is 4.79 Å². The molecule has 0 aliphatic carbocycles. The molecule has 0 bridgehead atoms. The summed E-state index contributed by atoms with van der Waals surface area (Å²) in [7, 11) is 1.35. The molecule has 0 radical (unpaired) electrons. The molecule has 0 amide bonds. The van der Waals surface area contributed by atoms with Crippen molar-refractivity contribution in [1.29, 1.82) is 0 Å². The van der Waals surface area contributed by atoms with Crippen molar-refractivity contribution in [1.82, 2.24) is 0 Å². The van der Waals surface area contributed by atoms with E-state index in [4.69, 9.17) is 0 Å². The van der Waals surface area contributed by atoms with E-state index in [1.54, 1.807) is 6.92 Å². The molecule has 0 aromatic heterocycles. The van der Waals surface area contributed by atoms with Gasteiger partial charge in [-0.2, -0.15) is 0 Å². The number of hydrogen-bond donors (Lipinski definition) is 0. The van der Waals surface area contributed by atoms with Gasteiger partial charge >= 0.3 is 5.97 Å². The van der Waals surface area contributed by atoms with Gasteiger partial charge in [0.15, 0.2) is 0 Å². The van der Waals surface area contributed by atoms with E-state index >= 15 is 0 Å². The van der Waals surface area contributed by atoms with E-state index in [1.807, 2.05) is 13.8 Å². The Kier molecular flexibility index (Phi) is 4.74. The lowest BCUT2D eigenvalue weighted by Crippen LogP contribution is -2.07. The first kappa shape index (κ1) is 11.6. The Balaban J connectivity index is 4.77. The van der Waals surface area contributed by atoms with Crippen LogP contribution in [0.5, 0.6) is 0 Å². The van der Waals surface area contributed by atoms with Crippen molar-refractivity contribution in [2.45, 2.75) is 20.8 Å². The summed E-state index contributed by atoms with van der Waals surface area (Å²) in [6, 6.07) is 0. The van der Waals surface area contributed by atoms with Crippen molar-refractivity contribution in [3.63, 3.8) is 0 Å². The summed E-state index contributed by atoms with van der Waals surface area (Å²) in [5.41, 5.74) is 2.00. The summed E-state index contributed by atoms with van der Waals surface area (Å²) in [4.78, 5) is 15.1. The van der Waals surface area contributed by atoms with Crippen LogP contribution in [-0.2, 0) is 9.53 Å². The summed E-state index contributed by atoms with van der Waals surface area (Å²) in [5, 5.41) is 0. The largest absolute Gasteiger partial charge is 0.465 e. The molecule has 0 aromatic carbocycles. The lowest BCUT2D eigenvalue weighted by Gasteiger charge is -2.01. The average Bonchev–Trinajstić information content (AvgIpc) is 2.03. The van der Waals surface area contributed by atoms with Crippen molar-refractivity contribution in [3.05, 3.63) is 23.4 Å². The third kappa shape index (κ3) is 4.25. The Labute approximate surface area is 78.8 Å². The van der Waals surface area contributed by atoms with Crippen LogP contribution in [0.3, 0.4) is 0 Å². The van der Waals surface area contributed by atoms with E-state index in [0.717, 1.165) is 5.57 Å². The van der Waals surface area contributed by atoms with Crippen molar-refractivity contribution in [3.8, 4) is 0 Å². The highest BCUT2D eigenvalue weighted by molar-refractivity contribution is 6.10. The van der Waals surface area contributed by atoms with Crippen LogP contribution in [0.2, 0.25) is 0 Å². The van der Waals surface area contributed by atoms with Gasteiger partial charge in [0.25, 0.3) is 0 Å². The average molecular weight is 181 g/mol. The molecule has 0 N–H and O–H groups in total.